The van der Waals surface area contributed by atoms with Crippen molar-refractivity contribution in [2.45, 2.75) is 45.0 Å². The Labute approximate surface area is 112 Å². The van der Waals surface area contributed by atoms with E-state index in [0.717, 1.165) is 23.5 Å². The van der Waals surface area contributed by atoms with Gasteiger partial charge in [-0.2, -0.15) is 0 Å². The molecule has 0 aliphatic heterocycles. The van der Waals surface area contributed by atoms with E-state index < -0.39 is 0 Å². The maximum atomic E-state index is 6.26. The number of halogens is 1. The molecule has 0 saturated heterocycles. The van der Waals surface area contributed by atoms with E-state index >= 15 is 0 Å². The molecule has 1 aliphatic rings. The molecule has 1 aliphatic carbocycles. The van der Waals surface area contributed by atoms with Gasteiger partial charge in [-0.25, -0.2) is 9.97 Å². The molecule has 1 fully saturated rings. The van der Waals surface area contributed by atoms with Crippen LogP contribution in [0.1, 0.15) is 44.3 Å². The van der Waals surface area contributed by atoms with Crippen LogP contribution in [0.5, 0.6) is 0 Å². The molecule has 96 valence electrons. The molecule has 0 amide bonds. The molecule has 2 heterocycles. The van der Waals surface area contributed by atoms with Gasteiger partial charge in [0, 0.05) is 12.7 Å². The summed E-state index contributed by atoms with van der Waals surface area (Å²) in [5, 5.41) is -0.0807. The van der Waals surface area contributed by atoms with E-state index in [0.29, 0.717) is 5.41 Å². The summed E-state index contributed by atoms with van der Waals surface area (Å²) < 4.78 is 2.21. The van der Waals surface area contributed by atoms with Gasteiger partial charge < -0.3 is 4.57 Å². The Balaban J connectivity index is 2.09. The SMILES string of the molecule is CC(Cl)c1nc2cccnc2n1CC1(C)CCC1. The average Bonchev–Trinajstić information content (AvgIpc) is 2.66. The highest BCUT2D eigenvalue weighted by molar-refractivity contribution is 6.20. The second-order valence-electron chi connectivity index (χ2n) is 5.68. The number of pyridine rings is 1. The van der Waals surface area contributed by atoms with Crippen molar-refractivity contribution in [2.24, 2.45) is 5.41 Å². The Morgan fingerprint density at radius 1 is 1.50 bits per heavy atom. The van der Waals surface area contributed by atoms with E-state index in [9.17, 15) is 0 Å². The van der Waals surface area contributed by atoms with Gasteiger partial charge in [-0.3, -0.25) is 0 Å². The van der Waals surface area contributed by atoms with Gasteiger partial charge in [0.05, 0.1) is 5.38 Å². The highest BCUT2D eigenvalue weighted by atomic mass is 35.5. The van der Waals surface area contributed by atoms with Crippen LogP contribution in [0.15, 0.2) is 18.3 Å². The summed E-state index contributed by atoms with van der Waals surface area (Å²) in [6, 6.07) is 3.93. The first kappa shape index (κ1) is 12.0. The van der Waals surface area contributed by atoms with Gasteiger partial charge in [0.1, 0.15) is 11.3 Å². The second-order valence-corrected chi connectivity index (χ2v) is 6.34. The fraction of sp³-hybridized carbons (Fsp3) is 0.571. The molecule has 0 spiro atoms. The Morgan fingerprint density at radius 2 is 2.28 bits per heavy atom. The predicted molar refractivity (Wildman–Crippen MR) is 73.8 cm³/mol. The number of aromatic nitrogens is 3. The lowest BCUT2D eigenvalue weighted by molar-refractivity contribution is 0.132. The van der Waals surface area contributed by atoms with Crippen molar-refractivity contribution >= 4 is 22.8 Å². The number of hydrogen-bond donors (Lipinski definition) is 0. The normalized spacial score (nSPS) is 19.7. The van der Waals surface area contributed by atoms with E-state index in [1.54, 1.807) is 0 Å². The number of rotatable bonds is 3. The summed E-state index contributed by atoms with van der Waals surface area (Å²) in [4.78, 5) is 9.09. The molecule has 3 rings (SSSR count). The molecule has 2 aromatic heterocycles. The van der Waals surface area contributed by atoms with E-state index in [-0.39, 0.29) is 5.38 Å². The number of nitrogens with zero attached hydrogens (tertiary/aromatic N) is 3. The van der Waals surface area contributed by atoms with Crippen LogP contribution in [0.3, 0.4) is 0 Å². The first-order chi connectivity index (χ1) is 8.59. The highest BCUT2D eigenvalue weighted by Crippen LogP contribution is 2.42. The molecule has 2 aromatic rings. The molecule has 0 N–H and O–H groups in total. The van der Waals surface area contributed by atoms with Crippen LogP contribution in [0.2, 0.25) is 0 Å². The Hall–Kier alpha value is -1.09. The van der Waals surface area contributed by atoms with Crippen molar-refractivity contribution < 1.29 is 0 Å². The summed E-state index contributed by atoms with van der Waals surface area (Å²) in [5.41, 5.74) is 2.31. The standard InChI is InChI=1S/C14H18ClN3/c1-10(15)12-17-11-5-3-8-16-13(11)18(12)9-14(2)6-4-7-14/h3,5,8,10H,4,6-7,9H2,1-2H3. The van der Waals surface area contributed by atoms with Crippen molar-refractivity contribution in [2.75, 3.05) is 0 Å². The largest absolute Gasteiger partial charge is 0.311 e. The molecule has 3 nitrogen and oxygen atoms in total. The van der Waals surface area contributed by atoms with Crippen LogP contribution >= 0.6 is 11.6 Å². The van der Waals surface area contributed by atoms with Gasteiger partial charge in [0.2, 0.25) is 0 Å². The fourth-order valence-corrected chi connectivity index (χ4v) is 2.92. The van der Waals surface area contributed by atoms with Crippen LogP contribution in [0.4, 0.5) is 0 Å². The number of hydrogen-bond acceptors (Lipinski definition) is 2. The Morgan fingerprint density at radius 3 is 2.89 bits per heavy atom. The van der Waals surface area contributed by atoms with Crippen molar-refractivity contribution in [3.05, 3.63) is 24.2 Å². The lowest BCUT2D eigenvalue weighted by atomic mass is 9.70. The summed E-state index contributed by atoms with van der Waals surface area (Å²) in [6.45, 7) is 5.29. The van der Waals surface area contributed by atoms with E-state index in [1.165, 1.54) is 19.3 Å². The Bertz CT molecular complexity index is 569. The van der Waals surface area contributed by atoms with E-state index in [4.69, 9.17) is 11.6 Å². The third kappa shape index (κ3) is 1.91. The van der Waals surface area contributed by atoms with Crippen molar-refractivity contribution in [3.8, 4) is 0 Å². The molecule has 1 saturated carbocycles. The van der Waals surface area contributed by atoms with Gasteiger partial charge in [0.25, 0.3) is 0 Å². The molecule has 0 bridgehead atoms. The molecule has 18 heavy (non-hydrogen) atoms. The molecule has 0 aromatic carbocycles. The zero-order valence-corrected chi connectivity index (χ0v) is 11.6. The van der Waals surface area contributed by atoms with Gasteiger partial charge >= 0.3 is 0 Å². The number of alkyl halides is 1. The maximum absolute atomic E-state index is 6.26. The van der Waals surface area contributed by atoms with E-state index in [1.807, 2.05) is 25.3 Å². The predicted octanol–water partition coefficient (Wildman–Crippen LogP) is 3.92. The molecule has 1 atom stereocenters. The molecule has 1 unspecified atom stereocenters. The quantitative estimate of drug-likeness (QED) is 0.786. The lowest BCUT2D eigenvalue weighted by Crippen LogP contribution is -2.31. The molecular formula is C14H18ClN3. The highest BCUT2D eigenvalue weighted by Gasteiger charge is 2.33. The minimum Gasteiger partial charge on any atom is -0.311 e. The van der Waals surface area contributed by atoms with Crippen LogP contribution in [0, 0.1) is 5.41 Å². The topological polar surface area (TPSA) is 30.7 Å². The molecular weight excluding hydrogens is 246 g/mol. The first-order valence-corrected chi connectivity index (χ1v) is 6.98. The molecule has 0 radical (unpaired) electrons. The van der Waals surface area contributed by atoms with Gasteiger partial charge in [0.15, 0.2) is 5.65 Å². The summed E-state index contributed by atoms with van der Waals surface area (Å²) in [7, 11) is 0. The van der Waals surface area contributed by atoms with Crippen LogP contribution in [0.25, 0.3) is 11.2 Å². The minimum atomic E-state index is -0.0807. The summed E-state index contributed by atoms with van der Waals surface area (Å²) in [5.74, 6) is 0.943. The van der Waals surface area contributed by atoms with Crippen LogP contribution < -0.4 is 0 Å². The summed E-state index contributed by atoms with van der Waals surface area (Å²) in [6.07, 6.45) is 5.74. The lowest BCUT2D eigenvalue weighted by Gasteiger charge is -2.39. The van der Waals surface area contributed by atoms with Crippen LogP contribution in [-0.2, 0) is 6.54 Å². The van der Waals surface area contributed by atoms with Gasteiger partial charge in [-0.05, 0) is 37.3 Å². The first-order valence-electron chi connectivity index (χ1n) is 6.54. The van der Waals surface area contributed by atoms with Crippen molar-refractivity contribution in [3.63, 3.8) is 0 Å². The van der Waals surface area contributed by atoms with Gasteiger partial charge in [-0.1, -0.05) is 13.3 Å². The maximum Gasteiger partial charge on any atom is 0.160 e. The zero-order chi connectivity index (χ0) is 12.8. The number of imidazole rings is 1. The van der Waals surface area contributed by atoms with Gasteiger partial charge in [-0.15, -0.1) is 11.6 Å². The summed E-state index contributed by atoms with van der Waals surface area (Å²) >= 11 is 6.26. The van der Waals surface area contributed by atoms with Crippen molar-refractivity contribution in [1.82, 2.24) is 14.5 Å². The molecule has 4 heteroatoms. The minimum absolute atomic E-state index is 0.0807. The average molecular weight is 264 g/mol. The monoisotopic (exact) mass is 263 g/mol. The number of fused-ring (bicyclic) bond motifs is 1. The fourth-order valence-electron chi connectivity index (χ4n) is 2.76. The Kier molecular flexibility index (Phi) is 2.81. The third-order valence-electron chi connectivity index (χ3n) is 3.99. The van der Waals surface area contributed by atoms with E-state index in [2.05, 4.69) is 21.5 Å². The van der Waals surface area contributed by atoms with Crippen LogP contribution in [-0.4, -0.2) is 14.5 Å². The smallest absolute Gasteiger partial charge is 0.160 e. The van der Waals surface area contributed by atoms with Crippen molar-refractivity contribution in [1.29, 1.82) is 0 Å². The third-order valence-corrected chi connectivity index (χ3v) is 4.18. The zero-order valence-electron chi connectivity index (χ0n) is 10.9. The second kappa shape index (κ2) is 4.23.